The fourth-order valence-electron chi connectivity index (χ4n) is 3.68. The van der Waals surface area contributed by atoms with Crippen LogP contribution in [0.25, 0.3) is 11.4 Å². The van der Waals surface area contributed by atoms with Crippen molar-refractivity contribution in [3.63, 3.8) is 0 Å². The highest BCUT2D eigenvalue weighted by Gasteiger charge is 2.31. The molecule has 0 spiro atoms. The molecule has 3 aromatic rings. The molecule has 1 fully saturated rings. The van der Waals surface area contributed by atoms with Gasteiger partial charge in [0.05, 0.1) is 6.04 Å². The Morgan fingerprint density at radius 3 is 2.84 bits per heavy atom. The van der Waals surface area contributed by atoms with E-state index in [1.54, 1.807) is 30.5 Å². The second-order valence-electron chi connectivity index (χ2n) is 7.50. The lowest BCUT2D eigenvalue weighted by Gasteiger charge is -2.21. The molecule has 0 saturated carbocycles. The fourth-order valence-corrected chi connectivity index (χ4v) is 3.68. The average molecular weight is 440 g/mol. The third-order valence-corrected chi connectivity index (χ3v) is 5.24. The predicted molar refractivity (Wildman–Crippen MR) is 113 cm³/mol. The van der Waals surface area contributed by atoms with Gasteiger partial charge in [-0.25, -0.2) is 10.2 Å². The Morgan fingerprint density at radius 1 is 1.34 bits per heavy atom. The third kappa shape index (κ3) is 5.15. The van der Waals surface area contributed by atoms with Crippen LogP contribution >= 0.6 is 0 Å². The van der Waals surface area contributed by atoms with E-state index in [9.17, 15) is 10.0 Å². The lowest BCUT2D eigenvalue weighted by Crippen LogP contribution is -2.99. The summed E-state index contributed by atoms with van der Waals surface area (Å²) >= 11 is 0. The smallest absolute Gasteiger partial charge is 0.251 e. The lowest BCUT2D eigenvalue weighted by molar-refractivity contribution is -0.991. The number of benzene rings is 1. The van der Waals surface area contributed by atoms with Gasteiger partial charge in [0.25, 0.3) is 5.91 Å². The Morgan fingerprint density at radius 2 is 2.16 bits per heavy atom. The van der Waals surface area contributed by atoms with Crippen molar-refractivity contribution in [3.05, 3.63) is 59.3 Å². The van der Waals surface area contributed by atoms with Crippen molar-refractivity contribution in [2.75, 3.05) is 25.6 Å². The number of methoxy groups -OCH3 is 1. The number of rotatable bonds is 8. The molecular weight excluding hydrogens is 416 g/mol. The fraction of sp³-hybridized carbons (Fsp3) is 0.333. The van der Waals surface area contributed by atoms with Gasteiger partial charge in [0, 0.05) is 37.5 Å². The molecule has 1 aliphatic rings. The SMILES string of the molecule is COCC(=O)Nc1ccc(-c2noc(C3CCCN3Cc3ccc([NH+]([O-])O)cc3)n2)cn1. The number of nitrogens with one attached hydrogen (secondary N) is 2. The molecule has 4 rings (SSSR count). The zero-order chi connectivity index (χ0) is 22.5. The van der Waals surface area contributed by atoms with E-state index in [-0.39, 0.29) is 24.2 Å². The van der Waals surface area contributed by atoms with Crippen molar-refractivity contribution >= 4 is 17.4 Å². The highest BCUT2D eigenvalue weighted by molar-refractivity contribution is 5.90. The Kier molecular flexibility index (Phi) is 6.83. The summed E-state index contributed by atoms with van der Waals surface area (Å²) in [6.07, 6.45) is 3.48. The van der Waals surface area contributed by atoms with Crippen LogP contribution in [0, 0.1) is 5.21 Å². The number of likely N-dealkylation sites (tertiary alicyclic amines) is 1. The monoisotopic (exact) mass is 440 g/mol. The quantitative estimate of drug-likeness (QED) is 0.444. The predicted octanol–water partition coefficient (Wildman–Crippen LogP) is 1.46. The number of carbonyl (C=O) groups is 1. The van der Waals surface area contributed by atoms with Crippen molar-refractivity contribution in [2.45, 2.75) is 25.4 Å². The highest BCUT2D eigenvalue weighted by atomic mass is 16.8. The lowest BCUT2D eigenvalue weighted by atomic mass is 10.1. The molecule has 1 aromatic carbocycles. The molecule has 32 heavy (non-hydrogen) atoms. The van der Waals surface area contributed by atoms with Crippen LogP contribution in [-0.4, -0.2) is 51.4 Å². The number of hydrogen-bond donors (Lipinski definition) is 3. The minimum absolute atomic E-state index is 0.00374. The van der Waals surface area contributed by atoms with E-state index < -0.39 is 5.23 Å². The van der Waals surface area contributed by atoms with Gasteiger partial charge in [-0.15, -0.1) is 0 Å². The van der Waals surface area contributed by atoms with Gasteiger partial charge in [-0.2, -0.15) is 10.2 Å². The van der Waals surface area contributed by atoms with Gasteiger partial charge in [0.2, 0.25) is 11.7 Å². The summed E-state index contributed by atoms with van der Waals surface area (Å²) < 4.78 is 10.3. The molecule has 11 heteroatoms. The molecule has 1 saturated heterocycles. The largest absolute Gasteiger partial charge is 0.595 e. The van der Waals surface area contributed by atoms with E-state index >= 15 is 0 Å². The van der Waals surface area contributed by atoms with Gasteiger partial charge in [0.1, 0.15) is 12.4 Å². The molecule has 3 heterocycles. The summed E-state index contributed by atoms with van der Waals surface area (Å²) in [4.78, 5) is 22.6. The first kappa shape index (κ1) is 22.0. The molecule has 11 nitrogen and oxygen atoms in total. The molecule has 168 valence electrons. The summed E-state index contributed by atoms with van der Waals surface area (Å²) in [5, 5.41) is 25.9. The van der Waals surface area contributed by atoms with E-state index in [2.05, 4.69) is 25.3 Å². The number of quaternary nitrogens is 1. The number of aromatic nitrogens is 3. The topological polar surface area (TPSA) is 141 Å². The van der Waals surface area contributed by atoms with Gasteiger partial charge in [-0.1, -0.05) is 17.3 Å². The van der Waals surface area contributed by atoms with Gasteiger partial charge in [0.15, 0.2) is 5.69 Å². The number of carbonyl (C=O) groups excluding carboxylic acids is 1. The van der Waals surface area contributed by atoms with Crippen LogP contribution in [0.5, 0.6) is 0 Å². The molecule has 2 unspecified atom stereocenters. The maximum atomic E-state index is 11.6. The summed E-state index contributed by atoms with van der Waals surface area (Å²) in [6.45, 7) is 1.51. The van der Waals surface area contributed by atoms with E-state index in [4.69, 9.17) is 14.5 Å². The van der Waals surface area contributed by atoms with Crippen molar-refractivity contribution in [2.24, 2.45) is 0 Å². The van der Waals surface area contributed by atoms with E-state index in [0.29, 0.717) is 29.6 Å². The first-order chi connectivity index (χ1) is 15.5. The molecule has 2 atom stereocenters. The first-order valence-electron chi connectivity index (χ1n) is 10.2. The Hall–Kier alpha value is -3.22. The second kappa shape index (κ2) is 9.94. The average Bonchev–Trinajstić information content (AvgIpc) is 3.44. The van der Waals surface area contributed by atoms with E-state index in [0.717, 1.165) is 24.9 Å². The third-order valence-electron chi connectivity index (χ3n) is 5.24. The Balaban J connectivity index is 1.42. The number of pyridine rings is 1. The highest BCUT2D eigenvalue weighted by Crippen LogP contribution is 2.33. The molecular formula is C21H24N6O5. The second-order valence-corrected chi connectivity index (χ2v) is 7.50. The zero-order valence-corrected chi connectivity index (χ0v) is 17.5. The van der Waals surface area contributed by atoms with Crippen molar-refractivity contribution in [1.82, 2.24) is 20.0 Å². The molecule has 0 aliphatic carbocycles. The molecule has 2 aromatic heterocycles. The minimum Gasteiger partial charge on any atom is -0.595 e. The summed E-state index contributed by atoms with van der Waals surface area (Å²) in [6, 6.07) is 10.3. The van der Waals surface area contributed by atoms with Crippen LogP contribution in [0.15, 0.2) is 47.1 Å². The van der Waals surface area contributed by atoms with Gasteiger partial charge < -0.3 is 19.8 Å². The molecule has 3 N–H and O–H groups in total. The van der Waals surface area contributed by atoms with Gasteiger partial charge in [-0.3, -0.25) is 9.69 Å². The van der Waals surface area contributed by atoms with E-state index in [1.807, 2.05) is 12.1 Å². The number of hydrogen-bond acceptors (Lipinski definition) is 9. The minimum atomic E-state index is -0.936. The maximum Gasteiger partial charge on any atom is 0.251 e. The molecule has 1 amide bonds. The molecule has 0 radical (unpaired) electrons. The van der Waals surface area contributed by atoms with Crippen molar-refractivity contribution < 1.29 is 24.5 Å². The van der Waals surface area contributed by atoms with Gasteiger partial charge in [-0.05, 0) is 37.1 Å². The number of ether oxygens (including phenoxy) is 1. The van der Waals surface area contributed by atoms with E-state index in [1.165, 1.54) is 7.11 Å². The molecule has 0 bridgehead atoms. The normalized spacial score (nSPS) is 17.4. The number of amides is 1. The van der Waals surface area contributed by atoms with Crippen LogP contribution in [0.4, 0.5) is 11.5 Å². The summed E-state index contributed by atoms with van der Waals surface area (Å²) in [5.74, 6) is 1.10. The number of anilines is 1. The maximum absolute atomic E-state index is 11.6. The van der Waals surface area contributed by atoms with Gasteiger partial charge >= 0.3 is 0 Å². The van der Waals surface area contributed by atoms with Crippen LogP contribution in [0.1, 0.15) is 30.3 Å². The van der Waals surface area contributed by atoms with Crippen molar-refractivity contribution in [3.8, 4) is 11.4 Å². The Bertz CT molecular complexity index is 1040. The Labute approximate surface area is 184 Å². The van der Waals surface area contributed by atoms with Crippen LogP contribution in [-0.2, 0) is 16.1 Å². The van der Waals surface area contributed by atoms with Crippen LogP contribution in [0.2, 0.25) is 0 Å². The van der Waals surface area contributed by atoms with Crippen LogP contribution in [0.3, 0.4) is 0 Å². The zero-order valence-electron chi connectivity index (χ0n) is 17.5. The summed E-state index contributed by atoms with van der Waals surface area (Å²) in [5.41, 5.74) is 1.97. The summed E-state index contributed by atoms with van der Waals surface area (Å²) in [7, 11) is 1.45. The standard InChI is InChI=1S/C21H24N6O5/c1-31-13-19(28)23-18-9-6-15(11-22-18)20-24-21(32-25-20)17-3-2-10-26(17)12-14-4-7-16(8-5-14)27(29)30/h4-9,11,17,27,29H,2-3,10,12-13H2,1H3,(H,22,23,28). The van der Waals surface area contributed by atoms with Crippen LogP contribution < -0.4 is 10.5 Å². The first-order valence-corrected chi connectivity index (χ1v) is 10.2. The molecule has 1 aliphatic heterocycles. The number of nitrogens with zero attached hydrogens (tertiary/aromatic N) is 4. The van der Waals surface area contributed by atoms with Crippen molar-refractivity contribution in [1.29, 1.82) is 0 Å².